The highest BCUT2D eigenvalue weighted by Gasteiger charge is 2.10. The number of nitrogens with zero attached hydrogens (tertiary/aromatic N) is 2. The van der Waals surface area contributed by atoms with E-state index in [-0.39, 0.29) is 0 Å². The minimum absolute atomic E-state index is 0.744. The van der Waals surface area contributed by atoms with Crippen LogP contribution in [0.3, 0.4) is 0 Å². The topological polar surface area (TPSA) is 7.60 Å². The van der Waals surface area contributed by atoms with Crippen LogP contribution in [0.25, 0.3) is 4.85 Å². The van der Waals surface area contributed by atoms with Crippen LogP contribution >= 0.6 is 0 Å². The zero-order valence-corrected chi connectivity index (χ0v) is 8.24. The second-order valence-electron chi connectivity index (χ2n) is 3.68. The lowest BCUT2D eigenvalue weighted by atomic mass is 10.1. The standard InChI is InChI=1S/C12H14N2/c1-13-11-6-5-7-12(10-11)14-8-3-2-4-9-14/h5-7,10H,2-4,8-9H2. The molecule has 2 rings (SSSR count). The Bertz CT molecular complexity index is 346. The number of benzene rings is 1. The van der Waals surface area contributed by atoms with E-state index in [1.165, 1.54) is 24.9 Å². The van der Waals surface area contributed by atoms with Gasteiger partial charge in [0.05, 0.1) is 6.57 Å². The highest BCUT2D eigenvalue weighted by atomic mass is 15.1. The zero-order chi connectivity index (χ0) is 9.80. The molecule has 1 aliphatic rings. The number of piperidine rings is 1. The van der Waals surface area contributed by atoms with Crippen molar-refractivity contribution in [3.05, 3.63) is 35.7 Å². The monoisotopic (exact) mass is 186 g/mol. The second kappa shape index (κ2) is 4.15. The summed E-state index contributed by atoms with van der Waals surface area (Å²) in [5.74, 6) is 0. The van der Waals surface area contributed by atoms with Crippen LogP contribution in [0, 0.1) is 6.57 Å². The molecule has 0 N–H and O–H groups in total. The molecule has 0 atom stereocenters. The van der Waals surface area contributed by atoms with Crippen molar-refractivity contribution < 1.29 is 0 Å². The average Bonchev–Trinajstić information content (AvgIpc) is 2.30. The fraction of sp³-hybridized carbons (Fsp3) is 0.417. The number of hydrogen-bond donors (Lipinski definition) is 0. The van der Waals surface area contributed by atoms with Crippen LogP contribution in [0.4, 0.5) is 11.4 Å². The Labute approximate surface area is 85.0 Å². The summed E-state index contributed by atoms with van der Waals surface area (Å²) in [4.78, 5) is 5.82. The minimum Gasteiger partial charge on any atom is -0.373 e. The molecule has 0 unspecified atom stereocenters. The molecule has 1 aromatic rings. The molecule has 72 valence electrons. The van der Waals surface area contributed by atoms with Gasteiger partial charge in [-0.3, -0.25) is 0 Å². The highest BCUT2D eigenvalue weighted by Crippen LogP contribution is 2.24. The molecule has 0 saturated carbocycles. The van der Waals surface area contributed by atoms with Crippen LogP contribution in [-0.4, -0.2) is 13.1 Å². The van der Waals surface area contributed by atoms with Gasteiger partial charge in [-0.05, 0) is 31.4 Å². The molecule has 1 aromatic carbocycles. The molecule has 14 heavy (non-hydrogen) atoms. The molecule has 2 nitrogen and oxygen atoms in total. The molecule has 0 amide bonds. The predicted molar refractivity (Wildman–Crippen MR) is 58.8 cm³/mol. The first-order chi connectivity index (χ1) is 6.90. The van der Waals surface area contributed by atoms with Crippen LogP contribution < -0.4 is 4.90 Å². The predicted octanol–water partition coefficient (Wildman–Crippen LogP) is 3.23. The lowest BCUT2D eigenvalue weighted by Crippen LogP contribution is -2.29. The highest BCUT2D eigenvalue weighted by molar-refractivity contribution is 5.58. The Morgan fingerprint density at radius 3 is 2.64 bits per heavy atom. The summed E-state index contributed by atoms with van der Waals surface area (Å²) >= 11 is 0. The fourth-order valence-electron chi connectivity index (χ4n) is 1.91. The zero-order valence-electron chi connectivity index (χ0n) is 8.24. The number of rotatable bonds is 1. The first kappa shape index (κ1) is 9.08. The van der Waals surface area contributed by atoms with Gasteiger partial charge in [-0.1, -0.05) is 12.1 Å². The lowest BCUT2D eigenvalue weighted by Gasteiger charge is -2.28. The van der Waals surface area contributed by atoms with E-state index in [4.69, 9.17) is 6.57 Å². The van der Waals surface area contributed by atoms with Gasteiger partial charge in [-0.25, -0.2) is 4.85 Å². The van der Waals surface area contributed by atoms with Crippen molar-refractivity contribution in [3.8, 4) is 0 Å². The van der Waals surface area contributed by atoms with Gasteiger partial charge in [-0.15, -0.1) is 0 Å². The van der Waals surface area contributed by atoms with Gasteiger partial charge in [0.1, 0.15) is 0 Å². The van der Waals surface area contributed by atoms with Crippen molar-refractivity contribution in [3.63, 3.8) is 0 Å². The summed E-state index contributed by atoms with van der Waals surface area (Å²) in [7, 11) is 0. The molecular formula is C12H14N2. The number of hydrogen-bond acceptors (Lipinski definition) is 1. The molecular weight excluding hydrogens is 172 g/mol. The van der Waals surface area contributed by atoms with E-state index >= 15 is 0 Å². The van der Waals surface area contributed by atoms with E-state index in [9.17, 15) is 0 Å². The first-order valence-corrected chi connectivity index (χ1v) is 5.12. The second-order valence-corrected chi connectivity index (χ2v) is 3.68. The van der Waals surface area contributed by atoms with E-state index in [0.717, 1.165) is 18.8 Å². The van der Waals surface area contributed by atoms with Gasteiger partial charge in [0.25, 0.3) is 0 Å². The van der Waals surface area contributed by atoms with Gasteiger partial charge in [0.2, 0.25) is 0 Å². The molecule has 0 spiro atoms. The van der Waals surface area contributed by atoms with Gasteiger partial charge in [0.15, 0.2) is 5.69 Å². The van der Waals surface area contributed by atoms with Gasteiger partial charge < -0.3 is 4.90 Å². The summed E-state index contributed by atoms with van der Waals surface area (Å²) in [6.45, 7) is 9.24. The third kappa shape index (κ3) is 1.88. The van der Waals surface area contributed by atoms with Crippen molar-refractivity contribution in [1.82, 2.24) is 0 Å². The fourth-order valence-corrected chi connectivity index (χ4v) is 1.91. The molecule has 0 aliphatic carbocycles. The SMILES string of the molecule is [C-]#[N+]c1cccc(N2CCCCC2)c1. The van der Waals surface area contributed by atoms with E-state index in [1.807, 2.05) is 18.2 Å². The van der Waals surface area contributed by atoms with Crippen LogP contribution in [0.5, 0.6) is 0 Å². The van der Waals surface area contributed by atoms with E-state index in [0.29, 0.717) is 0 Å². The molecule has 1 saturated heterocycles. The molecule has 2 heteroatoms. The number of anilines is 1. The summed E-state index contributed by atoms with van der Waals surface area (Å²) < 4.78 is 0. The third-order valence-electron chi connectivity index (χ3n) is 2.68. The van der Waals surface area contributed by atoms with Crippen molar-refractivity contribution in [2.24, 2.45) is 0 Å². The maximum absolute atomic E-state index is 6.96. The van der Waals surface area contributed by atoms with E-state index in [1.54, 1.807) is 0 Å². The molecule has 1 aliphatic heterocycles. The summed E-state index contributed by atoms with van der Waals surface area (Å²) in [6.07, 6.45) is 3.91. The van der Waals surface area contributed by atoms with Gasteiger partial charge >= 0.3 is 0 Å². The summed E-state index contributed by atoms with van der Waals surface area (Å²) in [5, 5.41) is 0. The molecule has 1 fully saturated rings. The Balaban J connectivity index is 2.18. The Hall–Kier alpha value is -1.49. The third-order valence-corrected chi connectivity index (χ3v) is 2.68. The van der Waals surface area contributed by atoms with Crippen molar-refractivity contribution in [2.45, 2.75) is 19.3 Å². The van der Waals surface area contributed by atoms with Gasteiger partial charge in [0, 0.05) is 18.8 Å². The maximum atomic E-state index is 6.96. The summed E-state index contributed by atoms with van der Waals surface area (Å²) in [6, 6.07) is 7.91. The van der Waals surface area contributed by atoms with Gasteiger partial charge in [-0.2, -0.15) is 0 Å². The molecule has 0 radical (unpaired) electrons. The molecule has 1 heterocycles. The van der Waals surface area contributed by atoms with Crippen LogP contribution in [0.2, 0.25) is 0 Å². The Kier molecular flexibility index (Phi) is 2.69. The quantitative estimate of drug-likeness (QED) is 0.611. The average molecular weight is 186 g/mol. The van der Waals surface area contributed by atoms with Crippen molar-refractivity contribution in [2.75, 3.05) is 18.0 Å². The smallest absolute Gasteiger partial charge is 0.189 e. The summed E-state index contributed by atoms with van der Waals surface area (Å²) in [5.41, 5.74) is 1.95. The Morgan fingerprint density at radius 2 is 1.93 bits per heavy atom. The van der Waals surface area contributed by atoms with Crippen LogP contribution in [-0.2, 0) is 0 Å². The van der Waals surface area contributed by atoms with Crippen LogP contribution in [0.15, 0.2) is 24.3 Å². The molecule has 0 bridgehead atoms. The van der Waals surface area contributed by atoms with Crippen molar-refractivity contribution >= 4 is 11.4 Å². The lowest BCUT2D eigenvalue weighted by molar-refractivity contribution is 0.578. The van der Waals surface area contributed by atoms with Crippen molar-refractivity contribution in [1.29, 1.82) is 0 Å². The van der Waals surface area contributed by atoms with E-state index < -0.39 is 0 Å². The first-order valence-electron chi connectivity index (χ1n) is 5.12. The van der Waals surface area contributed by atoms with E-state index in [2.05, 4.69) is 15.8 Å². The maximum Gasteiger partial charge on any atom is 0.189 e. The largest absolute Gasteiger partial charge is 0.373 e. The van der Waals surface area contributed by atoms with Crippen LogP contribution in [0.1, 0.15) is 19.3 Å². The minimum atomic E-state index is 0.744. The molecule has 0 aromatic heterocycles. The normalized spacial score (nSPS) is 16.4. The Morgan fingerprint density at radius 1 is 1.14 bits per heavy atom.